The van der Waals surface area contributed by atoms with Crippen molar-refractivity contribution < 1.29 is 17.9 Å². The molecule has 5 N–H and O–H groups in total. The Balaban J connectivity index is 2.29. The molecule has 1 aliphatic heterocycles. The number of carbonyl (C=O) groups excluding carboxylic acids is 1. The highest BCUT2D eigenvalue weighted by atomic mass is 32.2. The molecule has 1 fully saturated rings. The molecule has 2 atom stereocenters. The number of thiophene rings is 1. The molecule has 7 nitrogen and oxygen atoms in total. The molecule has 0 spiro atoms. The van der Waals surface area contributed by atoms with Crippen molar-refractivity contribution in [3.05, 3.63) is 4.88 Å². The van der Waals surface area contributed by atoms with Crippen LogP contribution in [0.3, 0.4) is 0 Å². The topological polar surface area (TPSA) is 125 Å². The van der Waals surface area contributed by atoms with E-state index in [1.165, 1.54) is 0 Å². The molecule has 0 bridgehead atoms. The number of ether oxygens (including phenoxy) is 1. The molecule has 0 saturated carbocycles. The van der Waals surface area contributed by atoms with Gasteiger partial charge in [0.2, 0.25) is 0 Å². The smallest absolute Gasteiger partial charge is 0.261 e. The molecule has 2 unspecified atom stereocenters. The predicted octanol–water partition coefficient (Wildman–Crippen LogP) is 0.670. The van der Waals surface area contributed by atoms with Crippen molar-refractivity contribution in [2.45, 2.75) is 24.3 Å². The Morgan fingerprint density at radius 3 is 2.67 bits per heavy atom. The first-order valence-electron chi connectivity index (χ1n) is 6.49. The van der Waals surface area contributed by atoms with Gasteiger partial charge >= 0.3 is 0 Å². The van der Waals surface area contributed by atoms with E-state index in [1.807, 2.05) is 6.92 Å². The highest BCUT2D eigenvalue weighted by molar-refractivity contribution is 7.91. The van der Waals surface area contributed by atoms with Crippen molar-refractivity contribution in [1.29, 1.82) is 0 Å². The van der Waals surface area contributed by atoms with Gasteiger partial charge in [-0.2, -0.15) is 0 Å². The molecule has 2 rings (SSSR count). The molecule has 1 saturated heterocycles. The van der Waals surface area contributed by atoms with Gasteiger partial charge in [-0.3, -0.25) is 4.79 Å². The summed E-state index contributed by atoms with van der Waals surface area (Å²) in [5.41, 5.74) is 10.9. The van der Waals surface area contributed by atoms with Crippen molar-refractivity contribution in [2.75, 3.05) is 30.5 Å². The van der Waals surface area contributed by atoms with E-state index >= 15 is 0 Å². The summed E-state index contributed by atoms with van der Waals surface area (Å²) in [7, 11) is -3.55. The van der Waals surface area contributed by atoms with Crippen LogP contribution in [0.2, 0.25) is 0 Å². The van der Waals surface area contributed by atoms with E-state index in [-0.39, 0.29) is 27.5 Å². The number of rotatable bonds is 5. The van der Waals surface area contributed by atoms with Crippen LogP contribution in [-0.4, -0.2) is 39.8 Å². The Bertz CT molecular complexity index is 654. The van der Waals surface area contributed by atoms with E-state index in [9.17, 15) is 13.2 Å². The summed E-state index contributed by atoms with van der Waals surface area (Å²) in [6.45, 7) is 3.24. The van der Waals surface area contributed by atoms with Gasteiger partial charge in [0.15, 0.2) is 9.84 Å². The minimum Gasteiger partial charge on any atom is -0.396 e. The number of hydrogen-bond donors (Lipinski definition) is 3. The first-order chi connectivity index (χ1) is 9.71. The molecular weight excluding hydrogens is 314 g/mol. The molecule has 1 aromatic heterocycles. The van der Waals surface area contributed by atoms with Crippen molar-refractivity contribution in [3.8, 4) is 0 Å². The third-order valence-electron chi connectivity index (χ3n) is 3.55. The van der Waals surface area contributed by atoms with Crippen LogP contribution in [0.25, 0.3) is 0 Å². The van der Waals surface area contributed by atoms with Crippen LogP contribution in [0, 0.1) is 5.92 Å². The van der Waals surface area contributed by atoms with Gasteiger partial charge in [-0.1, -0.05) is 0 Å². The number of amides is 1. The summed E-state index contributed by atoms with van der Waals surface area (Å²) < 4.78 is 29.2. The van der Waals surface area contributed by atoms with Crippen LogP contribution in [0.4, 0.5) is 10.7 Å². The molecule has 1 aromatic rings. The number of hydrogen-bond acceptors (Lipinski definition) is 7. The molecule has 1 aliphatic rings. The zero-order valence-corrected chi connectivity index (χ0v) is 13.5. The number of nitrogens with one attached hydrogen (secondary N) is 1. The lowest BCUT2D eigenvalue weighted by Crippen LogP contribution is -2.21. The van der Waals surface area contributed by atoms with Crippen molar-refractivity contribution in [2.24, 2.45) is 11.7 Å². The zero-order chi connectivity index (χ0) is 15.8. The Hall–Kier alpha value is -1.32. The summed E-state index contributed by atoms with van der Waals surface area (Å²) in [5.74, 6) is -0.439. The molecule has 0 aromatic carbocycles. The summed E-state index contributed by atoms with van der Waals surface area (Å²) in [5, 5.41) is 3.44. The summed E-state index contributed by atoms with van der Waals surface area (Å²) in [4.78, 5) is 11.4. The predicted molar refractivity (Wildman–Crippen MR) is 82.4 cm³/mol. The fourth-order valence-corrected chi connectivity index (χ4v) is 4.79. The minimum absolute atomic E-state index is 0.0483. The van der Waals surface area contributed by atoms with E-state index in [2.05, 4.69) is 5.32 Å². The van der Waals surface area contributed by atoms with E-state index in [4.69, 9.17) is 16.2 Å². The van der Waals surface area contributed by atoms with E-state index < -0.39 is 15.7 Å². The molecular formula is C12H19N3O4S2. The van der Waals surface area contributed by atoms with Crippen LogP contribution < -0.4 is 16.8 Å². The molecule has 0 aliphatic carbocycles. The zero-order valence-electron chi connectivity index (χ0n) is 11.9. The molecule has 9 heteroatoms. The number of sulfone groups is 1. The average molecular weight is 333 g/mol. The van der Waals surface area contributed by atoms with Gasteiger partial charge < -0.3 is 21.5 Å². The maximum absolute atomic E-state index is 11.9. The average Bonchev–Trinajstić information content (AvgIpc) is 2.89. The second-order valence-electron chi connectivity index (χ2n) is 5.15. The molecule has 2 heterocycles. The van der Waals surface area contributed by atoms with Crippen molar-refractivity contribution in [1.82, 2.24) is 0 Å². The lowest BCUT2D eigenvalue weighted by molar-refractivity contribution is 0.100. The maximum atomic E-state index is 11.9. The molecule has 21 heavy (non-hydrogen) atoms. The number of primary amides is 1. The number of carbonyl (C=O) groups is 1. The lowest BCUT2D eigenvalue weighted by atomic mass is 10.0. The SMILES string of the molecule is CC1OCCC1CNc1sc(C(N)=O)c(N)c1S(C)(=O)=O. The Kier molecular flexibility index (Phi) is 4.45. The van der Waals surface area contributed by atoms with E-state index in [0.717, 1.165) is 24.0 Å². The maximum Gasteiger partial charge on any atom is 0.261 e. The largest absolute Gasteiger partial charge is 0.396 e. The third-order valence-corrected chi connectivity index (χ3v) is 6.02. The van der Waals surface area contributed by atoms with Crippen LogP contribution in [0.15, 0.2) is 4.90 Å². The normalized spacial score (nSPS) is 22.4. The van der Waals surface area contributed by atoms with E-state index in [0.29, 0.717) is 18.2 Å². The van der Waals surface area contributed by atoms with Crippen molar-refractivity contribution >= 4 is 37.8 Å². The summed E-state index contributed by atoms with van der Waals surface area (Å²) in [6, 6.07) is 0. The lowest BCUT2D eigenvalue weighted by Gasteiger charge is -2.15. The monoisotopic (exact) mass is 333 g/mol. The standard InChI is InChI=1S/C12H19N3O4S2/c1-6-7(3-4-19-6)5-15-12-10(21(2,17)18)8(13)9(20-12)11(14)16/h6-7,15H,3-5,13H2,1-2H3,(H2,14,16). The van der Waals surface area contributed by atoms with Gasteiger partial charge in [-0.15, -0.1) is 11.3 Å². The first-order valence-corrected chi connectivity index (χ1v) is 9.20. The molecule has 118 valence electrons. The highest BCUT2D eigenvalue weighted by Gasteiger charge is 2.28. The number of anilines is 2. The quantitative estimate of drug-likeness (QED) is 0.727. The number of nitrogen functional groups attached to an aromatic ring is 1. The molecule has 0 radical (unpaired) electrons. The third kappa shape index (κ3) is 3.30. The van der Waals surface area contributed by atoms with Gasteiger partial charge in [0.05, 0.1) is 11.8 Å². The van der Waals surface area contributed by atoms with Gasteiger partial charge in [-0.05, 0) is 13.3 Å². The Morgan fingerprint density at radius 2 is 2.19 bits per heavy atom. The highest BCUT2D eigenvalue weighted by Crippen LogP contribution is 2.39. The minimum atomic E-state index is -3.55. The first kappa shape index (κ1) is 16.1. The van der Waals surface area contributed by atoms with Crippen LogP contribution in [0.5, 0.6) is 0 Å². The summed E-state index contributed by atoms with van der Waals surface area (Å²) in [6.07, 6.45) is 2.08. The second-order valence-corrected chi connectivity index (χ2v) is 8.12. The van der Waals surface area contributed by atoms with Crippen LogP contribution in [-0.2, 0) is 14.6 Å². The number of nitrogens with two attached hydrogens (primary N) is 2. The van der Waals surface area contributed by atoms with Crippen LogP contribution >= 0.6 is 11.3 Å². The van der Waals surface area contributed by atoms with Crippen LogP contribution in [0.1, 0.15) is 23.0 Å². The fraction of sp³-hybridized carbons (Fsp3) is 0.583. The van der Waals surface area contributed by atoms with E-state index in [1.54, 1.807) is 0 Å². The fourth-order valence-electron chi connectivity index (χ4n) is 2.36. The summed E-state index contributed by atoms with van der Waals surface area (Å²) >= 11 is 0.975. The second kappa shape index (κ2) is 5.82. The Morgan fingerprint density at radius 1 is 1.52 bits per heavy atom. The Labute approximate surface area is 127 Å². The van der Waals surface area contributed by atoms with Gasteiger partial charge in [0.1, 0.15) is 14.8 Å². The van der Waals surface area contributed by atoms with Crippen molar-refractivity contribution in [3.63, 3.8) is 0 Å². The van der Waals surface area contributed by atoms with Gasteiger partial charge in [0.25, 0.3) is 5.91 Å². The molecule has 1 amide bonds. The van der Waals surface area contributed by atoms with Gasteiger partial charge in [-0.25, -0.2) is 8.42 Å². The van der Waals surface area contributed by atoms with Gasteiger partial charge in [0, 0.05) is 25.3 Å².